The molecule has 0 bridgehead atoms. The van der Waals surface area contributed by atoms with Gasteiger partial charge in [0.1, 0.15) is 24.7 Å². The predicted octanol–water partition coefficient (Wildman–Crippen LogP) is 3.46. The van der Waals surface area contributed by atoms with Crippen LogP contribution in [0.4, 0.5) is 0 Å². The molecular formula is C17H18O4. The molecule has 0 amide bonds. The Labute approximate surface area is 123 Å². The lowest BCUT2D eigenvalue weighted by Gasteiger charge is -2.12. The highest BCUT2D eigenvalue weighted by molar-refractivity contribution is 5.88. The minimum atomic E-state index is -0.962. The van der Waals surface area contributed by atoms with Crippen molar-refractivity contribution in [1.82, 2.24) is 0 Å². The quantitative estimate of drug-likeness (QED) is 0.826. The Morgan fingerprint density at radius 1 is 0.952 bits per heavy atom. The van der Waals surface area contributed by atoms with Crippen LogP contribution < -0.4 is 9.47 Å². The molecule has 0 spiro atoms. The van der Waals surface area contributed by atoms with Crippen molar-refractivity contribution < 1.29 is 19.4 Å². The van der Waals surface area contributed by atoms with Crippen LogP contribution in [0.25, 0.3) is 0 Å². The summed E-state index contributed by atoms with van der Waals surface area (Å²) < 4.78 is 11.2. The summed E-state index contributed by atoms with van der Waals surface area (Å²) in [4.78, 5) is 10.9. The Hall–Kier alpha value is -2.49. The fraction of sp³-hybridized carbons (Fsp3) is 0.235. The topological polar surface area (TPSA) is 55.8 Å². The zero-order chi connectivity index (χ0) is 15.2. The number of benzene rings is 2. The maximum Gasteiger partial charge on any atom is 0.335 e. The third-order valence-electron chi connectivity index (χ3n) is 3.13. The van der Waals surface area contributed by atoms with Crippen molar-refractivity contribution in [3.8, 4) is 11.5 Å². The van der Waals surface area contributed by atoms with Crippen molar-refractivity contribution in [2.24, 2.45) is 0 Å². The number of hydrogen-bond donors (Lipinski definition) is 1. The standard InChI is InChI=1S/C17H18O4/c1-12-5-3-4-6-15(12)20-9-10-21-16-11-14(17(18)19)8-7-13(16)2/h3-8,11H,9-10H2,1-2H3,(H,18,19). The van der Waals surface area contributed by atoms with E-state index in [4.69, 9.17) is 14.6 Å². The molecule has 0 unspecified atom stereocenters. The Morgan fingerprint density at radius 2 is 1.57 bits per heavy atom. The van der Waals surface area contributed by atoms with Crippen LogP contribution in [0.2, 0.25) is 0 Å². The Morgan fingerprint density at radius 3 is 2.24 bits per heavy atom. The minimum Gasteiger partial charge on any atom is -0.490 e. The number of ether oxygens (including phenoxy) is 2. The van der Waals surface area contributed by atoms with Gasteiger partial charge in [0.15, 0.2) is 0 Å². The summed E-state index contributed by atoms with van der Waals surface area (Å²) in [5, 5.41) is 8.97. The van der Waals surface area contributed by atoms with Crippen LogP contribution in [0.3, 0.4) is 0 Å². The van der Waals surface area contributed by atoms with Crippen LogP contribution in [-0.4, -0.2) is 24.3 Å². The molecule has 2 aromatic carbocycles. The molecule has 110 valence electrons. The number of hydrogen-bond acceptors (Lipinski definition) is 3. The summed E-state index contributed by atoms with van der Waals surface area (Å²) in [6, 6.07) is 12.6. The summed E-state index contributed by atoms with van der Waals surface area (Å²) in [5.74, 6) is 0.441. The highest BCUT2D eigenvalue weighted by Crippen LogP contribution is 2.20. The molecule has 0 fully saturated rings. The maximum atomic E-state index is 10.9. The van der Waals surface area contributed by atoms with E-state index < -0.39 is 5.97 Å². The molecule has 2 aromatic rings. The van der Waals surface area contributed by atoms with Gasteiger partial charge in [-0.2, -0.15) is 0 Å². The van der Waals surface area contributed by atoms with Gasteiger partial charge in [0.25, 0.3) is 0 Å². The summed E-state index contributed by atoms with van der Waals surface area (Å²) >= 11 is 0. The fourth-order valence-electron chi connectivity index (χ4n) is 1.91. The van der Waals surface area contributed by atoms with E-state index in [1.54, 1.807) is 12.1 Å². The van der Waals surface area contributed by atoms with E-state index in [2.05, 4.69) is 0 Å². The van der Waals surface area contributed by atoms with Crippen LogP contribution >= 0.6 is 0 Å². The van der Waals surface area contributed by atoms with Gasteiger partial charge >= 0.3 is 5.97 Å². The van der Waals surface area contributed by atoms with Crippen molar-refractivity contribution in [3.05, 3.63) is 59.2 Å². The SMILES string of the molecule is Cc1ccccc1OCCOc1cc(C(=O)O)ccc1C. The fourth-order valence-corrected chi connectivity index (χ4v) is 1.91. The summed E-state index contributed by atoms with van der Waals surface area (Å²) in [5.41, 5.74) is 2.19. The molecule has 1 N–H and O–H groups in total. The van der Waals surface area contributed by atoms with Crippen molar-refractivity contribution in [3.63, 3.8) is 0 Å². The van der Waals surface area contributed by atoms with E-state index in [1.807, 2.05) is 38.1 Å². The third-order valence-corrected chi connectivity index (χ3v) is 3.13. The molecule has 0 saturated carbocycles. The lowest BCUT2D eigenvalue weighted by atomic mass is 10.1. The first-order valence-corrected chi connectivity index (χ1v) is 6.73. The highest BCUT2D eigenvalue weighted by atomic mass is 16.5. The van der Waals surface area contributed by atoms with Crippen LogP contribution in [0.15, 0.2) is 42.5 Å². The van der Waals surface area contributed by atoms with Crippen molar-refractivity contribution in [2.75, 3.05) is 13.2 Å². The van der Waals surface area contributed by atoms with Gasteiger partial charge in [-0.15, -0.1) is 0 Å². The van der Waals surface area contributed by atoms with Crippen LogP contribution in [0, 0.1) is 13.8 Å². The monoisotopic (exact) mass is 286 g/mol. The number of aromatic carboxylic acids is 1. The molecule has 0 aliphatic carbocycles. The van der Waals surface area contributed by atoms with E-state index in [0.717, 1.165) is 16.9 Å². The molecule has 0 aliphatic rings. The zero-order valence-corrected chi connectivity index (χ0v) is 12.1. The largest absolute Gasteiger partial charge is 0.490 e. The van der Waals surface area contributed by atoms with Gasteiger partial charge < -0.3 is 14.6 Å². The first-order valence-electron chi connectivity index (χ1n) is 6.73. The number of para-hydroxylation sites is 1. The van der Waals surface area contributed by atoms with Gasteiger partial charge in [0.2, 0.25) is 0 Å². The lowest BCUT2D eigenvalue weighted by molar-refractivity contribution is 0.0696. The molecule has 0 atom stereocenters. The number of aryl methyl sites for hydroxylation is 2. The van der Waals surface area contributed by atoms with Crippen molar-refractivity contribution >= 4 is 5.97 Å². The molecule has 0 aliphatic heterocycles. The molecular weight excluding hydrogens is 268 g/mol. The number of rotatable bonds is 6. The highest BCUT2D eigenvalue weighted by Gasteiger charge is 2.07. The number of carboxylic acid groups (broad SMARTS) is 1. The average molecular weight is 286 g/mol. The van der Waals surface area contributed by atoms with Gasteiger partial charge in [-0.25, -0.2) is 4.79 Å². The molecule has 0 aromatic heterocycles. The summed E-state index contributed by atoms with van der Waals surface area (Å²) in [7, 11) is 0. The molecule has 21 heavy (non-hydrogen) atoms. The van der Waals surface area contributed by atoms with Gasteiger partial charge in [0, 0.05) is 0 Å². The van der Waals surface area contributed by atoms with E-state index >= 15 is 0 Å². The molecule has 4 nitrogen and oxygen atoms in total. The van der Waals surface area contributed by atoms with E-state index in [9.17, 15) is 4.79 Å². The Balaban J connectivity index is 1.90. The Kier molecular flexibility index (Phi) is 4.82. The van der Waals surface area contributed by atoms with Gasteiger partial charge in [-0.1, -0.05) is 24.3 Å². The number of carboxylic acids is 1. The van der Waals surface area contributed by atoms with E-state index in [0.29, 0.717) is 19.0 Å². The Bertz CT molecular complexity index is 634. The second kappa shape index (κ2) is 6.79. The van der Waals surface area contributed by atoms with Crippen LogP contribution in [0.5, 0.6) is 11.5 Å². The van der Waals surface area contributed by atoms with Crippen molar-refractivity contribution in [2.45, 2.75) is 13.8 Å². The molecule has 0 saturated heterocycles. The van der Waals surface area contributed by atoms with Crippen molar-refractivity contribution in [1.29, 1.82) is 0 Å². The van der Waals surface area contributed by atoms with Crippen LogP contribution in [-0.2, 0) is 0 Å². The lowest BCUT2D eigenvalue weighted by Crippen LogP contribution is -2.10. The molecule has 4 heteroatoms. The maximum absolute atomic E-state index is 10.9. The first kappa shape index (κ1) is 14.9. The minimum absolute atomic E-state index is 0.218. The van der Waals surface area contributed by atoms with E-state index in [1.165, 1.54) is 6.07 Å². The smallest absolute Gasteiger partial charge is 0.335 e. The van der Waals surface area contributed by atoms with Gasteiger partial charge in [0.05, 0.1) is 5.56 Å². The molecule has 0 heterocycles. The van der Waals surface area contributed by atoms with Crippen LogP contribution in [0.1, 0.15) is 21.5 Å². The normalized spacial score (nSPS) is 10.2. The number of carbonyl (C=O) groups is 1. The summed E-state index contributed by atoms with van der Waals surface area (Å²) in [6.07, 6.45) is 0. The first-order chi connectivity index (χ1) is 10.1. The van der Waals surface area contributed by atoms with E-state index in [-0.39, 0.29) is 5.56 Å². The molecule has 2 rings (SSSR count). The second-order valence-corrected chi connectivity index (χ2v) is 4.75. The zero-order valence-electron chi connectivity index (χ0n) is 12.1. The molecule has 0 radical (unpaired) electrons. The summed E-state index contributed by atoms with van der Waals surface area (Å²) in [6.45, 7) is 4.62. The van der Waals surface area contributed by atoms with Gasteiger partial charge in [-0.3, -0.25) is 0 Å². The third kappa shape index (κ3) is 3.99. The van der Waals surface area contributed by atoms with Gasteiger partial charge in [-0.05, 0) is 43.2 Å². The predicted molar refractivity (Wildman–Crippen MR) is 80.3 cm³/mol. The second-order valence-electron chi connectivity index (χ2n) is 4.75. The average Bonchev–Trinajstić information content (AvgIpc) is 2.46.